The molecule has 4 N–H and O–H groups in total. The van der Waals surface area contributed by atoms with E-state index >= 15 is 0 Å². The van der Waals surface area contributed by atoms with Crippen molar-refractivity contribution in [1.82, 2.24) is 24.5 Å². The molecule has 0 heterocycles. The van der Waals surface area contributed by atoms with Crippen LogP contribution in [0.15, 0.2) is 0 Å². The zero-order valence-corrected chi connectivity index (χ0v) is 37.0. The molecule has 0 radical (unpaired) electrons. The smallest absolute Gasteiger partial charge is 0.407 e. The number of unbranched alkanes of at least 4 members (excludes halogenated alkanes) is 14. The summed E-state index contributed by atoms with van der Waals surface area (Å²) < 4.78 is 11.4. The zero-order chi connectivity index (χ0) is 45.1. The summed E-state index contributed by atoms with van der Waals surface area (Å²) in [6.07, 6.45) is 15.8. The maximum Gasteiger partial charge on any atom is 0.407 e. The van der Waals surface area contributed by atoms with Gasteiger partial charge in [-0.3, -0.25) is 43.5 Å². The van der Waals surface area contributed by atoms with Crippen molar-refractivity contribution < 1.29 is 63.5 Å². The molecule has 1 unspecified atom stereocenters. The van der Waals surface area contributed by atoms with Crippen LogP contribution in [0, 0.1) is 0 Å². The molecule has 60 heavy (non-hydrogen) atoms. The molecule has 0 aromatic carbocycles. The van der Waals surface area contributed by atoms with Crippen molar-refractivity contribution in [3.05, 3.63) is 0 Å². The van der Waals surface area contributed by atoms with Gasteiger partial charge >= 0.3 is 35.9 Å². The van der Waals surface area contributed by atoms with Gasteiger partial charge in [-0.1, -0.05) is 104 Å². The molecule has 0 bridgehead atoms. The SMILES string of the molecule is CCCCCCCCCCC(=O)OCC(CN(C)CCN(C)C(=O)CN(CCN(CC(=O)O)CC(=O)O)CCN(CC(=O)O)C(=O)O)OC(=O)CCCCCCCCCC. The number of carbonyl (C=O) groups is 7. The summed E-state index contributed by atoms with van der Waals surface area (Å²) >= 11 is 0. The number of ether oxygens (including phenoxy) is 2. The highest BCUT2D eigenvalue weighted by Gasteiger charge is 2.23. The predicted octanol–water partition coefficient (Wildman–Crippen LogP) is 4.73. The lowest BCUT2D eigenvalue weighted by Crippen LogP contribution is -2.48. The highest BCUT2D eigenvalue weighted by Crippen LogP contribution is 2.13. The monoisotopic (exact) mass is 860 g/mol. The van der Waals surface area contributed by atoms with E-state index in [2.05, 4.69) is 13.8 Å². The first-order valence-electron chi connectivity index (χ1n) is 21.9. The first-order valence-corrected chi connectivity index (χ1v) is 21.9. The number of nitrogens with zero attached hydrogens (tertiary/aromatic N) is 5. The molecule has 0 rings (SSSR count). The molecule has 0 aliphatic carbocycles. The molecule has 18 heteroatoms. The van der Waals surface area contributed by atoms with Gasteiger partial charge in [0, 0.05) is 65.7 Å². The molecule has 2 amide bonds. The normalized spacial score (nSPS) is 11.8. The van der Waals surface area contributed by atoms with Crippen LogP contribution in [-0.2, 0) is 38.2 Å². The molecule has 0 aromatic heterocycles. The Labute approximate surface area is 357 Å². The van der Waals surface area contributed by atoms with E-state index in [9.17, 15) is 48.9 Å². The number of rotatable bonds is 40. The van der Waals surface area contributed by atoms with Crippen LogP contribution in [0.25, 0.3) is 0 Å². The Morgan fingerprint density at radius 1 is 0.500 bits per heavy atom. The van der Waals surface area contributed by atoms with Gasteiger partial charge in [-0.05, 0) is 19.9 Å². The Bertz CT molecular complexity index is 1220. The largest absolute Gasteiger partial charge is 0.480 e. The molecule has 1 atom stereocenters. The van der Waals surface area contributed by atoms with Gasteiger partial charge in [0.2, 0.25) is 5.91 Å². The van der Waals surface area contributed by atoms with Crippen LogP contribution in [0.2, 0.25) is 0 Å². The Balaban J connectivity index is 5.43. The molecule has 0 saturated heterocycles. The maximum atomic E-state index is 13.4. The van der Waals surface area contributed by atoms with Crippen LogP contribution in [0.1, 0.15) is 129 Å². The summed E-state index contributed by atoms with van der Waals surface area (Å²) in [5.41, 5.74) is 0. The van der Waals surface area contributed by atoms with E-state index in [0.717, 1.165) is 49.8 Å². The third kappa shape index (κ3) is 32.8. The van der Waals surface area contributed by atoms with E-state index in [1.54, 1.807) is 14.1 Å². The summed E-state index contributed by atoms with van der Waals surface area (Å²) in [4.78, 5) is 90.9. The van der Waals surface area contributed by atoms with E-state index in [1.165, 1.54) is 61.2 Å². The third-order valence-corrected chi connectivity index (χ3v) is 10.0. The average Bonchev–Trinajstić information content (AvgIpc) is 3.17. The van der Waals surface area contributed by atoms with Crippen LogP contribution < -0.4 is 0 Å². The molecule has 348 valence electrons. The first-order chi connectivity index (χ1) is 28.6. The van der Waals surface area contributed by atoms with Gasteiger partial charge in [0.1, 0.15) is 19.3 Å². The second-order valence-corrected chi connectivity index (χ2v) is 15.7. The Morgan fingerprint density at radius 2 is 0.950 bits per heavy atom. The van der Waals surface area contributed by atoms with Crippen molar-refractivity contribution in [1.29, 1.82) is 0 Å². The summed E-state index contributed by atoms with van der Waals surface area (Å²) in [6.45, 7) is 2.44. The lowest BCUT2D eigenvalue weighted by Gasteiger charge is -2.30. The van der Waals surface area contributed by atoms with Gasteiger partial charge in [0.25, 0.3) is 0 Å². The highest BCUT2D eigenvalue weighted by atomic mass is 16.6. The molecule has 0 aromatic rings. The molecule has 0 aliphatic rings. The second kappa shape index (κ2) is 35.7. The average molecular weight is 860 g/mol. The highest BCUT2D eigenvalue weighted by molar-refractivity contribution is 5.78. The number of amides is 2. The van der Waals surface area contributed by atoms with Gasteiger partial charge in [-0.15, -0.1) is 0 Å². The van der Waals surface area contributed by atoms with Crippen LogP contribution in [0.5, 0.6) is 0 Å². The third-order valence-electron chi connectivity index (χ3n) is 10.0. The Kier molecular flexibility index (Phi) is 33.3. The number of carbonyl (C=O) groups excluding carboxylic acids is 3. The van der Waals surface area contributed by atoms with Crippen molar-refractivity contribution in [3.63, 3.8) is 0 Å². The van der Waals surface area contributed by atoms with Crippen LogP contribution in [0.4, 0.5) is 4.79 Å². The quantitative estimate of drug-likeness (QED) is 0.0482. The number of esters is 2. The Hall–Kier alpha value is -4.03. The molecular weight excluding hydrogens is 782 g/mol. The molecule has 0 saturated carbocycles. The van der Waals surface area contributed by atoms with Crippen molar-refractivity contribution in [2.24, 2.45) is 0 Å². The minimum atomic E-state index is -1.47. The minimum absolute atomic E-state index is 0.00958. The summed E-state index contributed by atoms with van der Waals surface area (Å²) in [6, 6.07) is 0. The Morgan fingerprint density at radius 3 is 1.43 bits per heavy atom. The van der Waals surface area contributed by atoms with Gasteiger partial charge in [0.15, 0.2) is 0 Å². The van der Waals surface area contributed by atoms with Crippen molar-refractivity contribution in [2.75, 3.05) is 92.7 Å². The van der Waals surface area contributed by atoms with Gasteiger partial charge in [0.05, 0.1) is 19.6 Å². The van der Waals surface area contributed by atoms with Crippen molar-refractivity contribution >= 4 is 41.8 Å². The zero-order valence-electron chi connectivity index (χ0n) is 37.0. The van der Waals surface area contributed by atoms with Gasteiger partial charge in [-0.2, -0.15) is 0 Å². The van der Waals surface area contributed by atoms with E-state index < -0.39 is 49.7 Å². The summed E-state index contributed by atoms with van der Waals surface area (Å²) in [5.74, 6) is -4.95. The molecular formula is C42H77N5O13. The number of hydrogen-bond donors (Lipinski definition) is 4. The standard InChI is InChI=1S/C42H77N5O13/c1-5-7-9-11-13-15-17-19-21-40(55)59-34-35(60-41(56)22-20-18-16-14-12-10-8-6-2)29-43(3)23-24-44(4)36(48)30-45(27-28-47(42(57)58)33-39(53)54)25-26-46(31-37(49)50)32-38(51)52/h35H,5-34H2,1-4H3,(H,49,50)(H,51,52)(H,53,54)(H,57,58). The summed E-state index contributed by atoms with van der Waals surface area (Å²) in [5, 5.41) is 37.0. The number of carboxylic acid groups (broad SMARTS) is 4. The predicted molar refractivity (Wildman–Crippen MR) is 226 cm³/mol. The molecule has 0 aliphatic heterocycles. The number of likely N-dealkylation sites (N-methyl/N-ethyl adjacent to an activating group) is 2. The minimum Gasteiger partial charge on any atom is -0.480 e. The lowest BCUT2D eigenvalue weighted by molar-refractivity contribution is -0.160. The van der Waals surface area contributed by atoms with Gasteiger partial charge in [-0.25, -0.2) is 4.79 Å². The molecule has 18 nitrogen and oxygen atoms in total. The molecule has 0 spiro atoms. The van der Waals surface area contributed by atoms with Gasteiger partial charge < -0.3 is 39.7 Å². The van der Waals surface area contributed by atoms with E-state index in [4.69, 9.17) is 14.6 Å². The van der Waals surface area contributed by atoms with E-state index in [1.807, 2.05) is 4.90 Å². The second-order valence-electron chi connectivity index (χ2n) is 15.7. The fraction of sp³-hybridized carbons (Fsp3) is 0.833. The van der Waals surface area contributed by atoms with E-state index in [-0.39, 0.29) is 76.7 Å². The molecule has 0 fully saturated rings. The topological polar surface area (TPSA) is 235 Å². The number of hydrogen-bond acceptors (Lipinski definition) is 12. The fourth-order valence-electron chi connectivity index (χ4n) is 6.45. The van der Waals surface area contributed by atoms with Crippen LogP contribution >= 0.6 is 0 Å². The lowest BCUT2D eigenvalue weighted by atomic mass is 10.1. The van der Waals surface area contributed by atoms with Crippen LogP contribution in [0.3, 0.4) is 0 Å². The van der Waals surface area contributed by atoms with E-state index in [0.29, 0.717) is 24.3 Å². The van der Waals surface area contributed by atoms with Crippen LogP contribution in [-0.4, -0.2) is 186 Å². The number of carboxylic acids is 3. The van der Waals surface area contributed by atoms with Crippen molar-refractivity contribution in [2.45, 2.75) is 136 Å². The number of aliphatic carboxylic acids is 3. The maximum absolute atomic E-state index is 13.4. The van der Waals surface area contributed by atoms with Crippen molar-refractivity contribution in [3.8, 4) is 0 Å². The summed E-state index contributed by atoms with van der Waals surface area (Å²) in [7, 11) is 3.35. The fourth-order valence-corrected chi connectivity index (χ4v) is 6.45. The first kappa shape index (κ1) is 56.0.